The van der Waals surface area contributed by atoms with E-state index in [0.29, 0.717) is 18.5 Å². The maximum Gasteiger partial charge on any atom is 0.320 e. The van der Waals surface area contributed by atoms with Gasteiger partial charge in [-0.25, -0.2) is 0 Å². The van der Waals surface area contributed by atoms with Gasteiger partial charge in [0.1, 0.15) is 6.04 Å². The first-order chi connectivity index (χ1) is 8.68. The molecule has 1 aromatic rings. The van der Waals surface area contributed by atoms with Crippen molar-refractivity contribution in [2.75, 3.05) is 13.1 Å². The van der Waals surface area contributed by atoms with Crippen LogP contribution in [0.5, 0.6) is 0 Å². The van der Waals surface area contributed by atoms with E-state index >= 15 is 0 Å². The molecule has 4 heteroatoms. The van der Waals surface area contributed by atoms with Crippen LogP contribution in [-0.4, -0.2) is 40.9 Å². The molecule has 0 saturated carbocycles. The summed E-state index contributed by atoms with van der Waals surface area (Å²) in [6, 6.07) is 8.52. The Morgan fingerprint density at radius 3 is 2.61 bits per heavy atom. The van der Waals surface area contributed by atoms with Crippen molar-refractivity contribution in [3.8, 4) is 0 Å². The van der Waals surface area contributed by atoms with Gasteiger partial charge in [-0.05, 0) is 19.4 Å². The molecule has 1 aliphatic rings. The number of rotatable bonds is 4. The first-order valence-electron chi connectivity index (χ1n) is 6.23. The number of likely N-dealkylation sites (tertiary alicyclic amines) is 1. The van der Waals surface area contributed by atoms with Gasteiger partial charge in [-0.2, -0.15) is 0 Å². The number of hydrogen-bond acceptors (Lipinski definition) is 3. The van der Waals surface area contributed by atoms with Crippen molar-refractivity contribution in [3.63, 3.8) is 0 Å². The Morgan fingerprint density at radius 2 is 1.94 bits per heavy atom. The van der Waals surface area contributed by atoms with Crippen molar-refractivity contribution >= 4 is 11.8 Å². The lowest BCUT2D eigenvalue weighted by Crippen LogP contribution is -2.46. The van der Waals surface area contributed by atoms with E-state index in [1.54, 1.807) is 17.0 Å². The Labute approximate surface area is 106 Å². The van der Waals surface area contributed by atoms with Gasteiger partial charge in [-0.1, -0.05) is 36.8 Å². The van der Waals surface area contributed by atoms with Gasteiger partial charge >= 0.3 is 5.97 Å². The van der Waals surface area contributed by atoms with E-state index < -0.39 is 12.0 Å². The van der Waals surface area contributed by atoms with Crippen molar-refractivity contribution in [1.82, 2.24) is 4.90 Å². The van der Waals surface area contributed by atoms with Crippen molar-refractivity contribution < 1.29 is 14.7 Å². The molecule has 0 radical (unpaired) electrons. The normalized spacial score (nSPS) is 20.6. The zero-order chi connectivity index (χ0) is 13.0. The van der Waals surface area contributed by atoms with Crippen molar-refractivity contribution in [2.24, 2.45) is 0 Å². The molecule has 2 rings (SSSR count). The maximum atomic E-state index is 12.0. The Morgan fingerprint density at radius 1 is 1.22 bits per heavy atom. The zero-order valence-electron chi connectivity index (χ0n) is 10.2. The third kappa shape index (κ3) is 2.96. The molecular weight excluding hydrogens is 230 g/mol. The lowest BCUT2D eigenvalue weighted by atomic mass is 10.0. The topological polar surface area (TPSA) is 57.6 Å². The number of hydrogen-bond donors (Lipinski definition) is 1. The van der Waals surface area contributed by atoms with Gasteiger partial charge < -0.3 is 5.11 Å². The molecule has 1 fully saturated rings. The molecule has 1 saturated heterocycles. The number of carboxylic acids is 1. The molecule has 1 atom stereocenters. The standard InChI is InChI=1S/C14H17NO3/c16-13(11-6-2-1-3-7-11)10-15-9-5-4-8-12(15)14(17)18/h1-3,6-7,12H,4-5,8-10H2,(H,17,18). The summed E-state index contributed by atoms with van der Waals surface area (Å²) in [6.07, 6.45) is 2.52. The predicted octanol–water partition coefficient (Wildman–Crippen LogP) is 1.81. The second-order valence-electron chi connectivity index (χ2n) is 4.61. The second kappa shape index (κ2) is 5.78. The van der Waals surface area contributed by atoms with Crippen LogP contribution in [0, 0.1) is 0 Å². The number of carbonyl (C=O) groups is 2. The summed E-state index contributed by atoms with van der Waals surface area (Å²) in [4.78, 5) is 25.0. The summed E-state index contributed by atoms with van der Waals surface area (Å²) < 4.78 is 0. The Hall–Kier alpha value is -1.68. The van der Waals surface area contributed by atoms with Crippen LogP contribution in [0.15, 0.2) is 30.3 Å². The monoisotopic (exact) mass is 247 g/mol. The molecule has 4 nitrogen and oxygen atoms in total. The van der Waals surface area contributed by atoms with Crippen molar-refractivity contribution in [1.29, 1.82) is 0 Å². The number of ketones is 1. The molecule has 0 aliphatic carbocycles. The van der Waals surface area contributed by atoms with E-state index in [0.717, 1.165) is 12.8 Å². The molecule has 0 bridgehead atoms. The lowest BCUT2D eigenvalue weighted by molar-refractivity contribution is -0.144. The molecule has 0 amide bonds. The SMILES string of the molecule is O=C(CN1CCCCC1C(=O)O)c1ccccc1. The third-order valence-corrected chi connectivity index (χ3v) is 3.34. The first-order valence-corrected chi connectivity index (χ1v) is 6.23. The Bertz CT molecular complexity index is 430. The van der Waals surface area contributed by atoms with Gasteiger partial charge in [0.15, 0.2) is 5.78 Å². The van der Waals surface area contributed by atoms with Crippen LogP contribution >= 0.6 is 0 Å². The third-order valence-electron chi connectivity index (χ3n) is 3.34. The fraction of sp³-hybridized carbons (Fsp3) is 0.429. The number of benzene rings is 1. The highest BCUT2D eigenvalue weighted by molar-refractivity contribution is 5.97. The molecule has 1 aromatic carbocycles. The molecule has 96 valence electrons. The highest BCUT2D eigenvalue weighted by Gasteiger charge is 2.29. The molecule has 1 unspecified atom stereocenters. The second-order valence-corrected chi connectivity index (χ2v) is 4.61. The summed E-state index contributed by atoms with van der Waals surface area (Å²) in [6.45, 7) is 0.885. The number of nitrogens with zero attached hydrogens (tertiary/aromatic N) is 1. The smallest absolute Gasteiger partial charge is 0.320 e. The molecule has 1 N–H and O–H groups in total. The lowest BCUT2D eigenvalue weighted by Gasteiger charge is -2.32. The van der Waals surface area contributed by atoms with Gasteiger partial charge in [0.2, 0.25) is 0 Å². The summed E-state index contributed by atoms with van der Waals surface area (Å²) in [5, 5.41) is 9.14. The van der Waals surface area contributed by atoms with Crippen LogP contribution in [0.3, 0.4) is 0 Å². The average Bonchev–Trinajstić information content (AvgIpc) is 2.40. The van der Waals surface area contributed by atoms with Gasteiger partial charge in [0.25, 0.3) is 0 Å². The van der Waals surface area contributed by atoms with E-state index in [2.05, 4.69) is 0 Å². The molecular formula is C14H17NO3. The Balaban J connectivity index is 2.03. The quantitative estimate of drug-likeness (QED) is 0.824. The van der Waals surface area contributed by atoms with Crippen LogP contribution in [0.1, 0.15) is 29.6 Å². The van der Waals surface area contributed by atoms with Gasteiger partial charge in [-0.3, -0.25) is 14.5 Å². The summed E-state index contributed by atoms with van der Waals surface area (Å²) in [5.74, 6) is -0.834. The number of aliphatic carboxylic acids is 1. The highest BCUT2D eigenvalue weighted by Crippen LogP contribution is 2.17. The average molecular weight is 247 g/mol. The minimum absolute atomic E-state index is 0.0104. The zero-order valence-corrected chi connectivity index (χ0v) is 10.2. The van der Waals surface area contributed by atoms with Crippen molar-refractivity contribution in [3.05, 3.63) is 35.9 Å². The van der Waals surface area contributed by atoms with Crippen LogP contribution in [-0.2, 0) is 4.79 Å². The number of Topliss-reactive ketones (excluding diaryl/α,β-unsaturated/α-hetero) is 1. The van der Waals surface area contributed by atoms with Crippen LogP contribution < -0.4 is 0 Å². The summed E-state index contributed by atoms with van der Waals surface area (Å²) in [7, 11) is 0. The minimum atomic E-state index is -0.824. The van der Waals surface area contributed by atoms with Crippen LogP contribution in [0.25, 0.3) is 0 Å². The van der Waals surface area contributed by atoms with E-state index in [1.165, 1.54) is 0 Å². The molecule has 1 aliphatic heterocycles. The van der Waals surface area contributed by atoms with E-state index in [4.69, 9.17) is 5.11 Å². The van der Waals surface area contributed by atoms with Gasteiger partial charge in [-0.15, -0.1) is 0 Å². The van der Waals surface area contributed by atoms with Crippen LogP contribution in [0.2, 0.25) is 0 Å². The Kier molecular flexibility index (Phi) is 4.10. The van der Waals surface area contributed by atoms with Gasteiger partial charge in [0.05, 0.1) is 6.54 Å². The molecule has 0 aromatic heterocycles. The number of piperidine rings is 1. The minimum Gasteiger partial charge on any atom is -0.480 e. The number of carbonyl (C=O) groups excluding carboxylic acids is 1. The fourth-order valence-corrected chi connectivity index (χ4v) is 2.36. The van der Waals surface area contributed by atoms with Crippen molar-refractivity contribution in [2.45, 2.75) is 25.3 Å². The maximum absolute atomic E-state index is 12.0. The van der Waals surface area contributed by atoms with E-state index in [1.807, 2.05) is 18.2 Å². The van der Waals surface area contributed by atoms with Gasteiger partial charge in [0, 0.05) is 5.56 Å². The number of carboxylic acid groups (broad SMARTS) is 1. The summed E-state index contributed by atoms with van der Waals surface area (Å²) >= 11 is 0. The van der Waals surface area contributed by atoms with Crippen LogP contribution in [0.4, 0.5) is 0 Å². The first kappa shape index (κ1) is 12.8. The largest absolute Gasteiger partial charge is 0.480 e. The predicted molar refractivity (Wildman–Crippen MR) is 67.6 cm³/mol. The fourth-order valence-electron chi connectivity index (χ4n) is 2.36. The molecule has 18 heavy (non-hydrogen) atoms. The molecule has 1 heterocycles. The molecule has 0 spiro atoms. The van der Waals surface area contributed by atoms with E-state index in [9.17, 15) is 9.59 Å². The summed E-state index contributed by atoms with van der Waals surface area (Å²) in [5.41, 5.74) is 0.646. The highest BCUT2D eigenvalue weighted by atomic mass is 16.4. The van der Waals surface area contributed by atoms with E-state index in [-0.39, 0.29) is 12.3 Å².